The van der Waals surface area contributed by atoms with Crippen LogP contribution in [-0.4, -0.2) is 0 Å². The summed E-state index contributed by atoms with van der Waals surface area (Å²) in [4.78, 5) is 2.34. The Balaban J connectivity index is 1.25. The summed E-state index contributed by atoms with van der Waals surface area (Å²) in [6, 6.07) is 50.3. The standard InChI is InChI=1S/C40H23NOS2/c1-2-10-25(11-3-1)41(26-18-19-29-28-13-6-7-16-34(28)43-36(29)23-26)32-15-8-14-30-38-33(42-39(30)32)21-20-31-37-27-12-5-4-9-24(27)17-22-35(37)44-40(31)38/h1-23H. The molecule has 0 saturated carbocycles. The minimum atomic E-state index is 0.901. The van der Waals surface area contributed by atoms with Gasteiger partial charge in [0.25, 0.3) is 0 Å². The summed E-state index contributed by atoms with van der Waals surface area (Å²) in [6.07, 6.45) is 0. The molecule has 206 valence electrons. The monoisotopic (exact) mass is 597 g/mol. The summed E-state index contributed by atoms with van der Waals surface area (Å²) < 4.78 is 12.0. The maximum Gasteiger partial charge on any atom is 0.159 e. The first-order valence-corrected chi connectivity index (χ1v) is 16.4. The van der Waals surface area contributed by atoms with Gasteiger partial charge in [0.2, 0.25) is 0 Å². The first-order valence-electron chi connectivity index (χ1n) is 14.8. The van der Waals surface area contributed by atoms with Gasteiger partial charge in [-0.25, -0.2) is 0 Å². The van der Waals surface area contributed by atoms with Crippen LogP contribution in [0.25, 0.3) is 73.1 Å². The van der Waals surface area contributed by atoms with Crippen LogP contribution in [0, 0.1) is 0 Å². The number of furan rings is 1. The number of anilines is 3. The Hall–Kier alpha value is -5.16. The molecule has 0 unspecified atom stereocenters. The van der Waals surface area contributed by atoms with Gasteiger partial charge >= 0.3 is 0 Å². The van der Waals surface area contributed by atoms with Crippen molar-refractivity contribution in [1.29, 1.82) is 0 Å². The van der Waals surface area contributed by atoms with E-state index in [1.165, 1.54) is 56.5 Å². The first-order chi connectivity index (χ1) is 21.8. The molecule has 0 spiro atoms. The van der Waals surface area contributed by atoms with Crippen LogP contribution in [0.1, 0.15) is 0 Å². The Labute approximate surface area is 260 Å². The number of hydrogen-bond acceptors (Lipinski definition) is 4. The number of fused-ring (bicyclic) bond motifs is 12. The van der Waals surface area contributed by atoms with Crippen molar-refractivity contribution in [1.82, 2.24) is 0 Å². The number of rotatable bonds is 3. The van der Waals surface area contributed by atoms with Crippen molar-refractivity contribution in [2.75, 3.05) is 4.90 Å². The van der Waals surface area contributed by atoms with Crippen molar-refractivity contribution >= 4 is 113 Å². The van der Waals surface area contributed by atoms with Crippen molar-refractivity contribution in [3.05, 3.63) is 140 Å². The highest BCUT2D eigenvalue weighted by atomic mass is 32.1. The zero-order valence-corrected chi connectivity index (χ0v) is 25.1. The van der Waals surface area contributed by atoms with E-state index in [1.807, 2.05) is 22.7 Å². The summed E-state index contributed by atoms with van der Waals surface area (Å²) in [6.45, 7) is 0. The van der Waals surface area contributed by atoms with Crippen LogP contribution >= 0.6 is 22.7 Å². The van der Waals surface area contributed by atoms with Gasteiger partial charge < -0.3 is 9.32 Å². The van der Waals surface area contributed by atoms with Gasteiger partial charge in [-0.2, -0.15) is 0 Å². The highest BCUT2D eigenvalue weighted by Gasteiger charge is 2.22. The van der Waals surface area contributed by atoms with E-state index in [0.29, 0.717) is 0 Å². The van der Waals surface area contributed by atoms with Gasteiger partial charge in [0.1, 0.15) is 5.58 Å². The van der Waals surface area contributed by atoms with Gasteiger partial charge in [0.05, 0.1) is 5.69 Å². The summed E-state index contributed by atoms with van der Waals surface area (Å²) >= 11 is 3.71. The maximum atomic E-state index is 6.80. The number of hydrogen-bond donors (Lipinski definition) is 0. The molecule has 10 aromatic rings. The van der Waals surface area contributed by atoms with Crippen molar-refractivity contribution in [3.8, 4) is 0 Å². The summed E-state index contributed by atoms with van der Waals surface area (Å²) in [5, 5.41) is 10.1. The molecule has 7 aromatic carbocycles. The quantitative estimate of drug-likeness (QED) is 0.201. The molecule has 44 heavy (non-hydrogen) atoms. The zero-order valence-electron chi connectivity index (χ0n) is 23.5. The number of thiophene rings is 2. The third kappa shape index (κ3) is 3.41. The molecule has 10 rings (SSSR count). The smallest absolute Gasteiger partial charge is 0.159 e. The maximum absolute atomic E-state index is 6.80. The van der Waals surface area contributed by atoms with E-state index in [9.17, 15) is 0 Å². The minimum absolute atomic E-state index is 0.901. The molecular weight excluding hydrogens is 575 g/mol. The molecule has 3 heterocycles. The number of para-hydroxylation sites is 2. The third-order valence-electron chi connectivity index (χ3n) is 8.84. The first kappa shape index (κ1) is 24.3. The lowest BCUT2D eigenvalue weighted by molar-refractivity contribution is 0.669. The molecule has 0 N–H and O–H groups in total. The van der Waals surface area contributed by atoms with E-state index in [2.05, 4.69) is 144 Å². The van der Waals surface area contributed by atoms with Crippen LogP contribution in [0.4, 0.5) is 17.1 Å². The van der Waals surface area contributed by atoms with E-state index in [-0.39, 0.29) is 0 Å². The van der Waals surface area contributed by atoms with Gasteiger partial charge in [-0.05, 0) is 65.4 Å². The Morgan fingerprint density at radius 3 is 2.16 bits per heavy atom. The fraction of sp³-hybridized carbons (Fsp3) is 0. The fourth-order valence-electron chi connectivity index (χ4n) is 6.90. The molecule has 0 aliphatic heterocycles. The molecule has 4 heteroatoms. The highest BCUT2D eigenvalue weighted by Crippen LogP contribution is 2.48. The lowest BCUT2D eigenvalue weighted by Crippen LogP contribution is -2.09. The van der Waals surface area contributed by atoms with E-state index in [4.69, 9.17) is 4.42 Å². The average molecular weight is 598 g/mol. The van der Waals surface area contributed by atoms with Crippen LogP contribution in [0.15, 0.2) is 144 Å². The van der Waals surface area contributed by atoms with Crippen LogP contribution in [0.3, 0.4) is 0 Å². The second-order valence-electron chi connectivity index (χ2n) is 11.3. The van der Waals surface area contributed by atoms with Crippen molar-refractivity contribution in [2.45, 2.75) is 0 Å². The average Bonchev–Trinajstić information content (AvgIpc) is 3.76. The molecule has 0 saturated heterocycles. The summed E-state index contributed by atoms with van der Waals surface area (Å²) in [5.74, 6) is 0. The van der Waals surface area contributed by atoms with Gasteiger partial charge in [0.15, 0.2) is 5.58 Å². The second kappa shape index (κ2) is 9.17. The summed E-state index contributed by atoms with van der Waals surface area (Å²) in [7, 11) is 0. The largest absolute Gasteiger partial charge is 0.454 e. The molecule has 0 amide bonds. The predicted octanol–water partition coefficient (Wildman–Crippen LogP) is 12.9. The van der Waals surface area contributed by atoms with E-state index >= 15 is 0 Å². The molecular formula is C40H23NOS2. The summed E-state index contributed by atoms with van der Waals surface area (Å²) in [5.41, 5.74) is 5.06. The third-order valence-corrected chi connectivity index (χ3v) is 11.2. The van der Waals surface area contributed by atoms with Gasteiger partial charge in [-0.15, -0.1) is 22.7 Å². The van der Waals surface area contributed by atoms with Gasteiger partial charge in [0, 0.05) is 62.5 Å². The predicted molar refractivity (Wildman–Crippen MR) is 192 cm³/mol. The fourth-order valence-corrected chi connectivity index (χ4v) is 9.31. The Morgan fingerprint density at radius 1 is 0.455 bits per heavy atom. The van der Waals surface area contributed by atoms with Crippen LogP contribution in [0.2, 0.25) is 0 Å². The molecule has 0 aliphatic carbocycles. The molecule has 2 nitrogen and oxygen atoms in total. The van der Waals surface area contributed by atoms with Crippen molar-refractivity contribution < 1.29 is 4.42 Å². The lowest BCUT2D eigenvalue weighted by atomic mass is 10.0. The molecule has 0 atom stereocenters. The Kier molecular flexibility index (Phi) is 5.06. The molecule has 0 radical (unpaired) electrons. The Bertz CT molecular complexity index is 2730. The van der Waals surface area contributed by atoms with E-state index in [1.54, 1.807) is 0 Å². The Morgan fingerprint density at radius 2 is 1.23 bits per heavy atom. The van der Waals surface area contributed by atoms with Crippen molar-refractivity contribution in [2.24, 2.45) is 0 Å². The normalized spacial score (nSPS) is 12.1. The van der Waals surface area contributed by atoms with Crippen LogP contribution in [0.5, 0.6) is 0 Å². The number of benzene rings is 7. The van der Waals surface area contributed by atoms with Gasteiger partial charge in [-0.1, -0.05) is 84.9 Å². The molecule has 0 fully saturated rings. The SMILES string of the molecule is c1ccc(N(c2ccc3c(c2)sc2ccccc23)c2cccc3c2oc2ccc4c(sc5ccc6ccccc6c54)c23)cc1. The lowest BCUT2D eigenvalue weighted by Gasteiger charge is -2.25. The number of nitrogens with zero attached hydrogens (tertiary/aromatic N) is 1. The minimum Gasteiger partial charge on any atom is -0.454 e. The van der Waals surface area contributed by atoms with E-state index in [0.717, 1.165) is 33.6 Å². The zero-order chi connectivity index (χ0) is 28.8. The highest BCUT2D eigenvalue weighted by molar-refractivity contribution is 7.27. The topological polar surface area (TPSA) is 16.4 Å². The van der Waals surface area contributed by atoms with Crippen LogP contribution < -0.4 is 4.90 Å². The molecule has 0 aliphatic rings. The van der Waals surface area contributed by atoms with Crippen LogP contribution in [-0.2, 0) is 0 Å². The van der Waals surface area contributed by atoms with Crippen molar-refractivity contribution in [3.63, 3.8) is 0 Å². The van der Waals surface area contributed by atoms with Gasteiger partial charge in [-0.3, -0.25) is 0 Å². The molecule has 0 bridgehead atoms. The molecule has 3 aromatic heterocycles. The second-order valence-corrected chi connectivity index (χ2v) is 13.4. The van der Waals surface area contributed by atoms with E-state index < -0.39 is 0 Å².